The van der Waals surface area contributed by atoms with Crippen LogP contribution < -0.4 is 0 Å². The summed E-state index contributed by atoms with van der Waals surface area (Å²) in [6, 6.07) is 7.34. The van der Waals surface area contributed by atoms with Crippen LogP contribution in [0.4, 0.5) is 0 Å². The van der Waals surface area contributed by atoms with E-state index in [9.17, 15) is 5.11 Å². The van der Waals surface area contributed by atoms with Crippen molar-refractivity contribution in [3.63, 3.8) is 0 Å². The Balaban J connectivity index is 2.21. The molecule has 1 N–H and O–H groups in total. The number of aliphatic hydroxyl groups is 1. The molecule has 0 aliphatic rings. The summed E-state index contributed by atoms with van der Waals surface area (Å²) in [5.41, 5.74) is 2.05. The summed E-state index contributed by atoms with van der Waals surface area (Å²) in [4.78, 5) is 4.21. The number of benzene rings is 1. The summed E-state index contributed by atoms with van der Waals surface area (Å²) < 4.78 is 1.61. The molecule has 19 heavy (non-hydrogen) atoms. The first-order valence-electron chi connectivity index (χ1n) is 5.51. The largest absolute Gasteiger partial charge is 0.390 e. The Labute approximate surface area is 118 Å². The van der Waals surface area contributed by atoms with E-state index in [1.807, 2.05) is 23.6 Å². The van der Waals surface area contributed by atoms with E-state index in [1.165, 1.54) is 11.3 Å². The molecular formula is C12H9ClN4OS. The Morgan fingerprint density at radius 3 is 2.95 bits per heavy atom. The van der Waals surface area contributed by atoms with E-state index in [4.69, 9.17) is 11.6 Å². The molecule has 0 fully saturated rings. The Bertz CT molecular complexity index is 696. The lowest BCUT2D eigenvalue weighted by Crippen LogP contribution is -1.99. The van der Waals surface area contributed by atoms with Crippen molar-refractivity contribution >= 4 is 22.9 Å². The Hall–Kier alpha value is -1.76. The van der Waals surface area contributed by atoms with Crippen LogP contribution in [-0.4, -0.2) is 25.1 Å². The topological polar surface area (TPSA) is 63.8 Å². The second-order valence-electron chi connectivity index (χ2n) is 3.78. The summed E-state index contributed by atoms with van der Waals surface area (Å²) in [7, 11) is 0. The average molecular weight is 293 g/mol. The molecule has 3 aromatic rings. The highest BCUT2D eigenvalue weighted by atomic mass is 35.5. The third-order valence-electron chi connectivity index (χ3n) is 2.59. The molecule has 0 atom stereocenters. The second-order valence-corrected chi connectivity index (χ2v) is 5.09. The lowest BCUT2D eigenvalue weighted by atomic mass is 10.1. The van der Waals surface area contributed by atoms with E-state index < -0.39 is 0 Å². The first-order chi connectivity index (χ1) is 9.29. The van der Waals surface area contributed by atoms with Crippen LogP contribution in [0.15, 0.2) is 35.8 Å². The smallest absolute Gasteiger partial charge is 0.212 e. The van der Waals surface area contributed by atoms with Crippen molar-refractivity contribution in [2.75, 3.05) is 0 Å². The predicted molar refractivity (Wildman–Crippen MR) is 73.4 cm³/mol. The van der Waals surface area contributed by atoms with Crippen LogP contribution in [0.25, 0.3) is 16.4 Å². The number of rotatable bonds is 3. The monoisotopic (exact) mass is 292 g/mol. The molecule has 2 heterocycles. The summed E-state index contributed by atoms with van der Waals surface area (Å²) in [6.07, 6.45) is 1.70. The van der Waals surface area contributed by atoms with Gasteiger partial charge in [-0.2, -0.15) is 4.68 Å². The van der Waals surface area contributed by atoms with E-state index in [2.05, 4.69) is 15.3 Å². The molecule has 0 aliphatic heterocycles. The average Bonchev–Trinajstić information content (AvgIpc) is 3.07. The van der Waals surface area contributed by atoms with Crippen LogP contribution in [0, 0.1) is 0 Å². The van der Waals surface area contributed by atoms with Gasteiger partial charge in [0, 0.05) is 22.2 Å². The van der Waals surface area contributed by atoms with Gasteiger partial charge in [-0.25, -0.2) is 4.98 Å². The normalized spacial score (nSPS) is 10.8. The van der Waals surface area contributed by atoms with Gasteiger partial charge in [0.15, 0.2) is 0 Å². The van der Waals surface area contributed by atoms with Crippen LogP contribution in [0.3, 0.4) is 0 Å². The van der Waals surface area contributed by atoms with Gasteiger partial charge in [-0.15, -0.1) is 16.4 Å². The van der Waals surface area contributed by atoms with Crippen LogP contribution in [0.2, 0.25) is 5.02 Å². The maximum atomic E-state index is 9.39. The fourth-order valence-corrected chi connectivity index (χ4v) is 2.58. The molecule has 0 saturated carbocycles. The first kappa shape index (κ1) is 12.3. The molecule has 0 radical (unpaired) electrons. The summed E-state index contributed by atoms with van der Waals surface area (Å²) in [5.74, 6) is 0. The maximum absolute atomic E-state index is 9.39. The van der Waals surface area contributed by atoms with Crippen molar-refractivity contribution < 1.29 is 5.11 Å². The van der Waals surface area contributed by atoms with Crippen LogP contribution >= 0.6 is 22.9 Å². The third kappa shape index (κ3) is 2.25. The van der Waals surface area contributed by atoms with Crippen molar-refractivity contribution in [2.24, 2.45) is 0 Å². The molecule has 0 saturated heterocycles. The zero-order chi connectivity index (χ0) is 13.2. The maximum Gasteiger partial charge on any atom is 0.212 e. The minimum absolute atomic E-state index is 0.187. The van der Waals surface area contributed by atoms with E-state index in [0.717, 1.165) is 5.56 Å². The SMILES string of the molecule is OCc1nnn(-c2nccs2)c1-c1cccc(Cl)c1. The van der Waals surface area contributed by atoms with Gasteiger partial charge in [0.2, 0.25) is 5.13 Å². The zero-order valence-corrected chi connectivity index (χ0v) is 11.3. The molecule has 0 aliphatic carbocycles. The number of thiazole rings is 1. The molecular weight excluding hydrogens is 284 g/mol. The Kier molecular flexibility index (Phi) is 3.29. The Morgan fingerprint density at radius 1 is 1.37 bits per heavy atom. The van der Waals surface area contributed by atoms with Crippen LogP contribution in [0.1, 0.15) is 5.69 Å². The zero-order valence-electron chi connectivity index (χ0n) is 9.69. The van der Waals surface area contributed by atoms with Crippen LogP contribution in [-0.2, 0) is 6.61 Å². The molecule has 2 aromatic heterocycles. The lowest BCUT2D eigenvalue weighted by molar-refractivity contribution is 0.277. The molecule has 0 amide bonds. The molecule has 0 bridgehead atoms. The van der Waals surface area contributed by atoms with Gasteiger partial charge in [-0.1, -0.05) is 28.9 Å². The van der Waals surface area contributed by atoms with Gasteiger partial charge in [0.1, 0.15) is 11.4 Å². The number of aromatic nitrogens is 4. The highest BCUT2D eigenvalue weighted by Crippen LogP contribution is 2.27. The fraction of sp³-hybridized carbons (Fsp3) is 0.0833. The number of halogens is 1. The number of hydrogen-bond donors (Lipinski definition) is 1. The molecule has 0 spiro atoms. The summed E-state index contributed by atoms with van der Waals surface area (Å²) in [5, 5.41) is 20.6. The van der Waals surface area contributed by atoms with E-state index >= 15 is 0 Å². The van der Waals surface area contributed by atoms with Gasteiger partial charge in [0.25, 0.3) is 0 Å². The standard InChI is InChI=1S/C12H9ClN4OS/c13-9-3-1-2-8(6-9)11-10(7-18)15-16-17(11)12-14-4-5-19-12/h1-6,18H,7H2. The molecule has 96 valence electrons. The van der Waals surface area contributed by atoms with Gasteiger partial charge in [0.05, 0.1) is 6.61 Å². The lowest BCUT2D eigenvalue weighted by Gasteiger charge is -2.05. The molecule has 0 unspecified atom stereocenters. The van der Waals surface area contributed by atoms with E-state index in [0.29, 0.717) is 21.5 Å². The number of hydrogen-bond acceptors (Lipinski definition) is 5. The van der Waals surface area contributed by atoms with Gasteiger partial charge >= 0.3 is 0 Å². The van der Waals surface area contributed by atoms with Crippen LogP contribution in [0.5, 0.6) is 0 Å². The molecule has 5 nitrogen and oxygen atoms in total. The Morgan fingerprint density at radius 2 is 2.26 bits per heavy atom. The minimum Gasteiger partial charge on any atom is -0.390 e. The van der Waals surface area contributed by atoms with E-state index in [1.54, 1.807) is 16.9 Å². The second kappa shape index (κ2) is 5.08. The third-order valence-corrected chi connectivity index (χ3v) is 3.57. The number of aliphatic hydroxyl groups excluding tert-OH is 1. The van der Waals surface area contributed by atoms with Crippen molar-refractivity contribution in [3.8, 4) is 16.4 Å². The van der Waals surface area contributed by atoms with Gasteiger partial charge in [-0.3, -0.25) is 0 Å². The minimum atomic E-state index is -0.187. The molecule has 1 aromatic carbocycles. The van der Waals surface area contributed by atoms with E-state index in [-0.39, 0.29) is 6.61 Å². The fourth-order valence-electron chi connectivity index (χ4n) is 1.80. The van der Waals surface area contributed by atoms with Crippen molar-refractivity contribution in [1.29, 1.82) is 0 Å². The first-order valence-corrected chi connectivity index (χ1v) is 6.76. The molecule has 3 rings (SSSR count). The van der Waals surface area contributed by atoms with Crippen molar-refractivity contribution in [3.05, 3.63) is 46.6 Å². The number of nitrogens with zero attached hydrogens (tertiary/aromatic N) is 4. The highest BCUT2D eigenvalue weighted by Gasteiger charge is 2.17. The summed E-state index contributed by atoms with van der Waals surface area (Å²) in [6.45, 7) is -0.187. The predicted octanol–water partition coefficient (Wildman–Crippen LogP) is 2.54. The molecule has 7 heteroatoms. The van der Waals surface area contributed by atoms with Gasteiger partial charge in [-0.05, 0) is 12.1 Å². The van der Waals surface area contributed by atoms with Gasteiger partial charge < -0.3 is 5.11 Å². The van der Waals surface area contributed by atoms with Crippen molar-refractivity contribution in [2.45, 2.75) is 6.61 Å². The summed E-state index contributed by atoms with van der Waals surface area (Å²) >= 11 is 7.46. The highest BCUT2D eigenvalue weighted by molar-refractivity contribution is 7.12. The van der Waals surface area contributed by atoms with Crippen molar-refractivity contribution in [1.82, 2.24) is 20.0 Å². The quantitative estimate of drug-likeness (QED) is 0.806.